The monoisotopic (exact) mass is 311 g/mol. The number of nitrogens with one attached hydrogen (secondary N) is 2. The van der Waals surface area contributed by atoms with Crippen LogP contribution in [-0.4, -0.2) is 15.9 Å². The highest BCUT2D eigenvalue weighted by molar-refractivity contribution is 6.06. The third-order valence-electron chi connectivity index (χ3n) is 3.81. The Morgan fingerprint density at radius 3 is 2.78 bits per heavy atom. The Morgan fingerprint density at radius 2 is 2.09 bits per heavy atom. The molecule has 2 aromatic heterocycles. The van der Waals surface area contributed by atoms with E-state index in [2.05, 4.69) is 15.3 Å². The molecule has 0 aliphatic heterocycles. The number of H-pyrrole nitrogens is 1. The quantitative estimate of drug-likeness (QED) is 0.775. The van der Waals surface area contributed by atoms with Gasteiger partial charge in [-0.3, -0.25) is 9.59 Å². The van der Waals surface area contributed by atoms with Crippen molar-refractivity contribution in [3.05, 3.63) is 63.9 Å². The number of aromatic nitrogens is 2. The first-order valence-electron chi connectivity index (χ1n) is 7.44. The topological polar surface area (TPSA) is 88.0 Å². The molecule has 0 saturated carbocycles. The maximum atomic E-state index is 12.7. The highest BCUT2D eigenvalue weighted by atomic mass is 16.3. The number of carbonyl (C=O) groups excluding carboxylic acids is 1. The van der Waals surface area contributed by atoms with Crippen LogP contribution in [0.15, 0.2) is 45.9 Å². The molecule has 0 unspecified atom stereocenters. The lowest BCUT2D eigenvalue weighted by molar-refractivity contribution is 0.0935. The van der Waals surface area contributed by atoms with E-state index in [9.17, 15) is 9.59 Å². The number of fused-ring (bicyclic) bond motifs is 1. The average molecular weight is 311 g/mol. The minimum absolute atomic E-state index is 0.135. The Labute approximate surface area is 132 Å². The van der Waals surface area contributed by atoms with Crippen molar-refractivity contribution in [1.29, 1.82) is 0 Å². The number of furan rings is 1. The van der Waals surface area contributed by atoms with Crippen LogP contribution in [0.1, 0.15) is 41.1 Å². The predicted octanol–water partition coefficient (Wildman–Crippen LogP) is 2.71. The molecule has 6 nitrogen and oxygen atoms in total. The molecule has 6 heteroatoms. The molecule has 0 aliphatic rings. The number of nitrogens with zero attached hydrogens (tertiary/aromatic N) is 1. The molecule has 2 heterocycles. The molecule has 0 bridgehead atoms. The Bertz CT molecular complexity index is 896. The van der Waals surface area contributed by atoms with Crippen molar-refractivity contribution in [2.45, 2.75) is 26.3 Å². The van der Waals surface area contributed by atoms with Gasteiger partial charge in [0.25, 0.3) is 11.5 Å². The van der Waals surface area contributed by atoms with Crippen LogP contribution in [0, 0.1) is 6.92 Å². The van der Waals surface area contributed by atoms with E-state index in [1.54, 1.807) is 6.92 Å². The minimum atomic E-state index is -0.384. The molecule has 0 fully saturated rings. The van der Waals surface area contributed by atoms with Gasteiger partial charge in [0.2, 0.25) is 5.71 Å². The lowest BCUT2D eigenvalue weighted by atomic mass is 10.0. The van der Waals surface area contributed by atoms with Crippen LogP contribution in [0.3, 0.4) is 0 Å². The summed E-state index contributed by atoms with van der Waals surface area (Å²) in [5.41, 5.74) is 1.04. The summed E-state index contributed by atoms with van der Waals surface area (Å²) in [6, 6.07) is 9.57. The Hall–Kier alpha value is -2.89. The summed E-state index contributed by atoms with van der Waals surface area (Å²) < 4.78 is 5.43. The first-order chi connectivity index (χ1) is 11.1. The molecule has 1 aromatic carbocycles. The maximum Gasteiger partial charge on any atom is 0.262 e. The Balaban J connectivity index is 1.98. The van der Waals surface area contributed by atoms with Crippen LogP contribution in [0.2, 0.25) is 0 Å². The van der Waals surface area contributed by atoms with Crippen molar-refractivity contribution < 1.29 is 9.21 Å². The van der Waals surface area contributed by atoms with Gasteiger partial charge in [-0.25, -0.2) is 4.98 Å². The molecule has 0 spiro atoms. The largest absolute Gasteiger partial charge is 0.442 e. The summed E-state index contributed by atoms with van der Waals surface area (Å²) in [6.45, 7) is 3.64. The Kier molecular flexibility index (Phi) is 3.97. The van der Waals surface area contributed by atoms with Crippen molar-refractivity contribution in [1.82, 2.24) is 15.3 Å². The van der Waals surface area contributed by atoms with Gasteiger partial charge < -0.3 is 14.7 Å². The highest BCUT2D eigenvalue weighted by Crippen LogP contribution is 2.22. The number of aromatic amines is 1. The molecule has 2 N–H and O–H groups in total. The van der Waals surface area contributed by atoms with E-state index in [1.165, 1.54) is 6.33 Å². The molecule has 3 rings (SSSR count). The molecule has 0 saturated heterocycles. The van der Waals surface area contributed by atoms with Crippen molar-refractivity contribution >= 4 is 17.0 Å². The normalized spacial score (nSPS) is 12.3. The summed E-state index contributed by atoms with van der Waals surface area (Å²) in [7, 11) is 0. The number of benzene rings is 1. The van der Waals surface area contributed by atoms with Crippen molar-refractivity contribution in [3.8, 4) is 0 Å². The van der Waals surface area contributed by atoms with Crippen LogP contribution >= 0.6 is 0 Å². The first-order valence-corrected chi connectivity index (χ1v) is 7.44. The number of hydrogen-bond donors (Lipinski definition) is 2. The van der Waals surface area contributed by atoms with Crippen LogP contribution in [0.4, 0.5) is 0 Å². The summed E-state index contributed by atoms with van der Waals surface area (Å²) in [5.74, 6) is 0.0417. The van der Waals surface area contributed by atoms with Gasteiger partial charge in [-0.1, -0.05) is 37.3 Å². The van der Waals surface area contributed by atoms with Gasteiger partial charge in [-0.15, -0.1) is 0 Å². The zero-order valence-corrected chi connectivity index (χ0v) is 12.9. The third-order valence-corrected chi connectivity index (χ3v) is 3.81. The van der Waals surface area contributed by atoms with E-state index in [0.717, 1.165) is 12.0 Å². The zero-order chi connectivity index (χ0) is 16.4. The van der Waals surface area contributed by atoms with Gasteiger partial charge >= 0.3 is 0 Å². The summed E-state index contributed by atoms with van der Waals surface area (Å²) in [6.07, 6.45) is 1.99. The zero-order valence-electron chi connectivity index (χ0n) is 12.9. The van der Waals surface area contributed by atoms with Crippen LogP contribution in [0.5, 0.6) is 0 Å². The molecule has 1 atom stereocenters. The second kappa shape index (κ2) is 6.08. The van der Waals surface area contributed by atoms with E-state index < -0.39 is 0 Å². The molecule has 0 radical (unpaired) electrons. The number of carbonyl (C=O) groups is 1. The van der Waals surface area contributed by atoms with Gasteiger partial charge in [-0.2, -0.15) is 0 Å². The summed E-state index contributed by atoms with van der Waals surface area (Å²) in [5, 5.41) is 3.15. The predicted molar refractivity (Wildman–Crippen MR) is 86.3 cm³/mol. The van der Waals surface area contributed by atoms with Crippen LogP contribution in [0.25, 0.3) is 11.1 Å². The molecule has 3 aromatic rings. The molecule has 0 aliphatic carbocycles. The van der Waals surface area contributed by atoms with Crippen molar-refractivity contribution in [3.63, 3.8) is 0 Å². The van der Waals surface area contributed by atoms with Crippen molar-refractivity contribution in [2.24, 2.45) is 0 Å². The fourth-order valence-electron chi connectivity index (χ4n) is 2.66. The standard InChI is InChI=1S/C17H17N3O3/c1-3-12(11-7-5-4-6-8-11)20-16(22)13-10(2)23-17-14(13)15(21)18-9-19-17/h4-9,12H,3H2,1-2H3,(H,20,22)(H,18,19,21)/t12-/m1/s1. The van der Waals surface area contributed by atoms with E-state index in [4.69, 9.17) is 4.42 Å². The molecule has 23 heavy (non-hydrogen) atoms. The van der Waals surface area contributed by atoms with Crippen LogP contribution < -0.4 is 10.9 Å². The third kappa shape index (κ3) is 2.75. The molecule has 1 amide bonds. The second-order valence-electron chi connectivity index (χ2n) is 5.29. The second-order valence-corrected chi connectivity index (χ2v) is 5.29. The minimum Gasteiger partial charge on any atom is -0.442 e. The number of aryl methyl sites for hydroxylation is 1. The first kappa shape index (κ1) is 15.0. The van der Waals surface area contributed by atoms with Gasteiger partial charge in [0.15, 0.2) is 0 Å². The lowest BCUT2D eigenvalue weighted by Gasteiger charge is -2.17. The lowest BCUT2D eigenvalue weighted by Crippen LogP contribution is -2.29. The molecular weight excluding hydrogens is 294 g/mol. The Morgan fingerprint density at radius 1 is 1.35 bits per heavy atom. The van der Waals surface area contributed by atoms with E-state index in [1.807, 2.05) is 37.3 Å². The molecule has 118 valence electrons. The fourth-order valence-corrected chi connectivity index (χ4v) is 2.66. The van der Waals surface area contributed by atoms with Gasteiger partial charge in [-0.05, 0) is 18.9 Å². The van der Waals surface area contributed by atoms with E-state index in [0.29, 0.717) is 5.76 Å². The van der Waals surface area contributed by atoms with E-state index >= 15 is 0 Å². The van der Waals surface area contributed by atoms with Gasteiger partial charge in [0.05, 0.1) is 17.9 Å². The van der Waals surface area contributed by atoms with Gasteiger partial charge in [0.1, 0.15) is 11.1 Å². The fraction of sp³-hybridized carbons (Fsp3) is 0.235. The number of rotatable bonds is 4. The average Bonchev–Trinajstić information content (AvgIpc) is 2.90. The van der Waals surface area contributed by atoms with E-state index in [-0.39, 0.29) is 34.2 Å². The van der Waals surface area contributed by atoms with Crippen molar-refractivity contribution in [2.75, 3.05) is 0 Å². The SMILES string of the molecule is CC[C@@H](NC(=O)c1c(C)oc2nc[nH]c(=O)c12)c1ccccc1. The van der Waals surface area contributed by atoms with Gasteiger partial charge in [0, 0.05) is 0 Å². The number of hydrogen-bond acceptors (Lipinski definition) is 4. The maximum absolute atomic E-state index is 12.7. The molecular formula is C17H17N3O3. The smallest absolute Gasteiger partial charge is 0.262 e. The summed E-state index contributed by atoms with van der Waals surface area (Å²) in [4.78, 5) is 31.1. The number of amides is 1. The summed E-state index contributed by atoms with van der Waals surface area (Å²) >= 11 is 0. The van der Waals surface area contributed by atoms with Crippen LogP contribution in [-0.2, 0) is 0 Å². The highest BCUT2D eigenvalue weighted by Gasteiger charge is 2.23.